The first-order valence-corrected chi connectivity index (χ1v) is 7.98. The van der Waals surface area contributed by atoms with Crippen LogP contribution in [-0.4, -0.2) is 24.8 Å². The first-order chi connectivity index (χ1) is 8.60. The normalized spacial score (nSPS) is 37.0. The van der Waals surface area contributed by atoms with Crippen molar-refractivity contribution in [2.75, 3.05) is 13.1 Å². The fourth-order valence-corrected chi connectivity index (χ4v) is 3.95. The molecule has 2 aliphatic carbocycles. The molecule has 0 amide bonds. The Bertz CT molecular complexity index is 293. The topological polar surface area (TPSA) is 21.3 Å². The van der Waals surface area contributed by atoms with E-state index >= 15 is 0 Å². The molecule has 1 spiro atoms. The summed E-state index contributed by atoms with van der Waals surface area (Å²) in [6, 6.07) is 0. The Morgan fingerprint density at radius 3 is 2.44 bits per heavy atom. The predicted molar refractivity (Wildman–Crippen MR) is 74.7 cm³/mol. The lowest BCUT2D eigenvalue weighted by Crippen LogP contribution is -2.35. The van der Waals surface area contributed by atoms with Crippen LogP contribution in [0.15, 0.2) is 0 Å². The van der Waals surface area contributed by atoms with Crippen LogP contribution in [0.5, 0.6) is 0 Å². The number of rotatable bonds is 4. The molecule has 1 N–H and O–H groups in total. The van der Waals surface area contributed by atoms with Crippen molar-refractivity contribution in [3.63, 3.8) is 0 Å². The van der Waals surface area contributed by atoms with Crippen molar-refractivity contribution in [2.45, 2.75) is 76.9 Å². The van der Waals surface area contributed by atoms with Crippen molar-refractivity contribution >= 4 is 0 Å². The maximum absolute atomic E-state index is 6.38. The number of nitrogens with one attached hydrogen (secondary N) is 1. The van der Waals surface area contributed by atoms with Crippen LogP contribution in [0, 0.1) is 11.3 Å². The minimum atomic E-state index is 0.295. The van der Waals surface area contributed by atoms with Gasteiger partial charge in [-0.15, -0.1) is 0 Å². The Hall–Kier alpha value is -0.0800. The summed E-state index contributed by atoms with van der Waals surface area (Å²) in [5, 5.41) is 3.64. The third-order valence-corrected chi connectivity index (χ3v) is 5.58. The SMILES string of the molecule is CC1(C)CC1CNCC1CCC2(CCCCC2)O1. The molecule has 3 rings (SSSR count). The zero-order chi connectivity index (χ0) is 12.6. The average Bonchev–Trinajstić information content (AvgIpc) is 2.77. The van der Waals surface area contributed by atoms with Crippen LogP contribution >= 0.6 is 0 Å². The molecule has 0 radical (unpaired) electrons. The molecule has 104 valence electrons. The van der Waals surface area contributed by atoms with Crippen molar-refractivity contribution in [1.29, 1.82) is 0 Å². The maximum atomic E-state index is 6.38. The lowest BCUT2D eigenvalue weighted by Gasteiger charge is -2.33. The minimum Gasteiger partial charge on any atom is -0.370 e. The highest BCUT2D eigenvalue weighted by molar-refractivity contribution is 4.97. The van der Waals surface area contributed by atoms with E-state index in [1.807, 2.05) is 0 Å². The van der Waals surface area contributed by atoms with Gasteiger partial charge in [-0.05, 0) is 50.0 Å². The van der Waals surface area contributed by atoms with Gasteiger partial charge >= 0.3 is 0 Å². The molecule has 0 aromatic carbocycles. The summed E-state index contributed by atoms with van der Waals surface area (Å²) in [7, 11) is 0. The van der Waals surface area contributed by atoms with E-state index in [9.17, 15) is 0 Å². The molecule has 18 heavy (non-hydrogen) atoms. The summed E-state index contributed by atoms with van der Waals surface area (Å²) in [4.78, 5) is 0. The smallest absolute Gasteiger partial charge is 0.0708 e. The van der Waals surface area contributed by atoms with Crippen molar-refractivity contribution in [1.82, 2.24) is 5.32 Å². The average molecular weight is 251 g/mol. The van der Waals surface area contributed by atoms with Gasteiger partial charge in [0, 0.05) is 6.54 Å². The second-order valence-corrected chi connectivity index (χ2v) is 7.57. The second kappa shape index (κ2) is 4.79. The molecule has 3 aliphatic rings. The van der Waals surface area contributed by atoms with Crippen LogP contribution in [0.1, 0.15) is 65.2 Å². The van der Waals surface area contributed by atoms with E-state index in [4.69, 9.17) is 4.74 Å². The maximum Gasteiger partial charge on any atom is 0.0708 e. The summed E-state index contributed by atoms with van der Waals surface area (Å²) in [6.07, 6.45) is 11.3. The Balaban J connectivity index is 1.37. The summed E-state index contributed by atoms with van der Waals surface area (Å²) < 4.78 is 6.38. The van der Waals surface area contributed by atoms with Gasteiger partial charge < -0.3 is 10.1 Å². The molecule has 0 aromatic rings. The zero-order valence-electron chi connectivity index (χ0n) is 12.1. The third-order valence-electron chi connectivity index (χ3n) is 5.58. The van der Waals surface area contributed by atoms with Crippen LogP contribution in [-0.2, 0) is 4.74 Å². The lowest BCUT2D eigenvalue weighted by molar-refractivity contribution is -0.0623. The molecule has 3 fully saturated rings. The van der Waals surface area contributed by atoms with Gasteiger partial charge in [0.15, 0.2) is 0 Å². The van der Waals surface area contributed by atoms with E-state index in [-0.39, 0.29) is 0 Å². The van der Waals surface area contributed by atoms with Gasteiger partial charge in [0.2, 0.25) is 0 Å². The number of hydrogen-bond acceptors (Lipinski definition) is 2. The molecule has 0 aromatic heterocycles. The second-order valence-electron chi connectivity index (χ2n) is 7.57. The van der Waals surface area contributed by atoms with Crippen molar-refractivity contribution in [3.8, 4) is 0 Å². The fraction of sp³-hybridized carbons (Fsp3) is 1.00. The van der Waals surface area contributed by atoms with Gasteiger partial charge in [-0.3, -0.25) is 0 Å². The molecule has 2 saturated carbocycles. The minimum absolute atomic E-state index is 0.295. The third kappa shape index (κ3) is 2.75. The molecule has 2 heteroatoms. The Morgan fingerprint density at radius 1 is 1.06 bits per heavy atom. The summed E-state index contributed by atoms with van der Waals surface area (Å²) in [5.74, 6) is 0.905. The van der Waals surface area contributed by atoms with Crippen molar-refractivity contribution in [2.24, 2.45) is 11.3 Å². The lowest BCUT2D eigenvalue weighted by atomic mass is 9.83. The molecular weight excluding hydrogens is 222 g/mol. The van der Waals surface area contributed by atoms with Crippen molar-refractivity contribution in [3.05, 3.63) is 0 Å². The van der Waals surface area contributed by atoms with Gasteiger partial charge in [-0.1, -0.05) is 33.1 Å². The molecule has 2 atom stereocenters. The molecule has 2 unspecified atom stereocenters. The molecule has 1 aliphatic heterocycles. The molecule has 0 bridgehead atoms. The standard InChI is InChI=1S/C16H29NO/c1-15(2)10-13(15)11-17-12-14-6-9-16(18-14)7-4-3-5-8-16/h13-14,17H,3-12H2,1-2H3. The highest BCUT2D eigenvalue weighted by atomic mass is 16.5. The Labute approximate surface area is 112 Å². The van der Waals surface area contributed by atoms with Crippen LogP contribution in [0.2, 0.25) is 0 Å². The van der Waals surface area contributed by atoms with E-state index < -0.39 is 0 Å². The van der Waals surface area contributed by atoms with Crippen LogP contribution in [0.4, 0.5) is 0 Å². The van der Waals surface area contributed by atoms with Gasteiger partial charge in [0.05, 0.1) is 11.7 Å². The fourth-order valence-electron chi connectivity index (χ4n) is 3.95. The van der Waals surface area contributed by atoms with E-state index in [1.54, 1.807) is 0 Å². The Kier molecular flexibility index (Phi) is 3.44. The first-order valence-electron chi connectivity index (χ1n) is 7.98. The van der Waals surface area contributed by atoms with Gasteiger partial charge in [0.25, 0.3) is 0 Å². The highest BCUT2D eigenvalue weighted by Gasteiger charge is 2.45. The largest absolute Gasteiger partial charge is 0.370 e. The first kappa shape index (κ1) is 12.9. The summed E-state index contributed by atoms with van der Waals surface area (Å²) in [5.41, 5.74) is 0.900. The molecule has 2 nitrogen and oxygen atoms in total. The summed E-state index contributed by atoms with van der Waals surface area (Å²) in [6.45, 7) is 7.03. The van der Waals surface area contributed by atoms with E-state index in [2.05, 4.69) is 19.2 Å². The molecule has 1 saturated heterocycles. The van der Waals surface area contributed by atoms with Gasteiger partial charge in [0.1, 0.15) is 0 Å². The van der Waals surface area contributed by atoms with Crippen LogP contribution in [0.25, 0.3) is 0 Å². The highest BCUT2D eigenvalue weighted by Crippen LogP contribution is 2.51. The van der Waals surface area contributed by atoms with Gasteiger partial charge in [-0.25, -0.2) is 0 Å². The summed E-state index contributed by atoms with van der Waals surface area (Å²) >= 11 is 0. The number of hydrogen-bond donors (Lipinski definition) is 1. The van der Waals surface area contributed by atoms with Gasteiger partial charge in [-0.2, -0.15) is 0 Å². The van der Waals surface area contributed by atoms with Crippen molar-refractivity contribution < 1.29 is 4.74 Å². The van der Waals surface area contributed by atoms with Crippen LogP contribution < -0.4 is 5.32 Å². The quantitative estimate of drug-likeness (QED) is 0.825. The predicted octanol–water partition coefficient (Wildman–Crippen LogP) is 3.50. The van der Waals surface area contributed by atoms with E-state index in [1.165, 1.54) is 57.9 Å². The molecule has 1 heterocycles. The Morgan fingerprint density at radius 2 is 1.78 bits per heavy atom. The van der Waals surface area contributed by atoms with E-state index in [0.717, 1.165) is 12.5 Å². The number of ether oxygens (including phenoxy) is 1. The van der Waals surface area contributed by atoms with Crippen LogP contribution in [0.3, 0.4) is 0 Å². The molecular formula is C16H29NO. The van der Waals surface area contributed by atoms with E-state index in [0.29, 0.717) is 17.1 Å². The zero-order valence-corrected chi connectivity index (χ0v) is 12.1. The monoisotopic (exact) mass is 251 g/mol.